The fraction of sp³-hybridized carbons (Fsp3) is 0.818. The zero-order valence-corrected chi connectivity index (χ0v) is 10.7. The lowest BCUT2D eigenvalue weighted by atomic mass is 9.97. The molecule has 1 aliphatic heterocycles. The summed E-state index contributed by atoms with van der Waals surface area (Å²) in [5, 5.41) is 0. The summed E-state index contributed by atoms with van der Waals surface area (Å²) in [4.78, 5) is 26.1. The molecule has 0 aromatic heterocycles. The Morgan fingerprint density at radius 3 is 2.75 bits per heavy atom. The highest BCUT2D eigenvalue weighted by molar-refractivity contribution is 6.27. The fourth-order valence-electron chi connectivity index (χ4n) is 2.04. The molecule has 1 aliphatic rings. The Kier molecular flexibility index (Phi) is 5.06. The van der Waals surface area contributed by atoms with Crippen molar-refractivity contribution in [2.75, 3.05) is 32.6 Å². The van der Waals surface area contributed by atoms with E-state index in [1.54, 1.807) is 23.8 Å². The second-order valence-electron chi connectivity index (χ2n) is 4.38. The molecule has 4 nitrogen and oxygen atoms in total. The summed E-state index contributed by atoms with van der Waals surface area (Å²) in [5.74, 6) is 0.502. The molecule has 1 rings (SSSR count). The average molecular weight is 247 g/mol. The van der Waals surface area contributed by atoms with Gasteiger partial charge >= 0.3 is 0 Å². The average Bonchev–Trinajstić information content (AvgIpc) is 2.28. The van der Waals surface area contributed by atoms with Gasteiger partial charge in [-0.3, -0.25) is 9.59 Å². The number of piperidine rings is 1. The van der Waals surface area contributed by atoms with Gasteiger partial charge in [0.2, 0.25) is 11.8 Å². The van der Waals surface area contributed by atoms with Gasteiger partial charge in [0, 0.05) is 33.6 Å². The summed E-state index contributed by atoms with van der Waals surface area (Å²) in [6.45, 7) is 3.81. The summed E-state index contributed by atoms with van der Waals surface area (Å²) < 4.78 is 0. The van der Waals surface area contributed by atoms with Crippen molar-refractivity contribution in [3.63, 3.8) is 0 Å². The van der Waals surface area contributed by atoms with Crippen LogP contribution < -0.4 is 0 Å². The number of nitrogens with zero attached hydrogens (tertiary/aromatic N) is 2. The van der Waals surface area contributed by atoms with Crippen molar-refractivity contribution in [3.8, 4) is 0 Å². The van der Waals surface area contributed by atoms with E-state index in [1.807, 2.05) is 0 Å². The Balaban J connectivity index is 2.44. The first-order chi connectivity index (χ1) is 7.54. The van der Waals surface area contributed by atoms with Crippen molar-refractivity contribution >= 4 is 23.4 Å². The second kappa shape index (κ2) is 6.09. The van der Waals surface area contributed by atoms with Gasteiger partial charge in [-0.1, -0.05) is 0 Å². The van der Waals surface area contributed by atoms with Crippen LogP contribution in [0.5, 0.6) is 0 Å². The third kappa shape index (κ3) is 3.67. The smallest absolute Gasteiger partial charge is 0.237 e. The molecule has 1 heterocycles. The van der Waals surface area contributed by atoms with Crippen LogP contribution in [0.15, 0.2) is 0 Å². The lowest BCUT2D eigenvalue weighted by Gasteiger charge is -2.34. The number of hydrogen-bond donors (Lipinski definition) is 0. The SMILES string of the molecule is CC(=O)N(C)C[C@H]1CCCN(C(=O)CCl)C1. The lowest BCUT2D eigenvalue weighted by Crippen LogP contribution is -2.44. The second-order valence-corrected chi connectivity index (χ2v) is 4.65. The topological polar surface area (TPSA) is 40.6 Å². The van der Waals surface area contributed by atoms with Crippen molar-refractivity contribution in [1.82, 2.24) is 9.80 Å². The van der Waals surface area contributed by atoms with Crippen LogP contribution in [0, 0.1) is 5.92 Å². The zero-order chi connectivity index (χ0) is 12.1. The van der Waals surface area contributed by atoms with Gasteiger partial charge in [-0.2, -0.15) is 0 Å². The molecule has 16 heavy (non-hydrogen) atoms. The molecule has 0 bridgehead atoms. The van der Waals surface area contributed by atoms with Crippen molar-refractivity contribution in [2.24, 2.45) is 5.92 Å². The Morgan fingerprint density at radius 1 is 1.50 bits per heavy atom. The highest BCUT2D eigenvalue weighted by Gasteiger charge is 2.24. The standard InChI is InChI=1S/C11H19ClN2O2/c1-9(15)13(2)7-10-4-3-5-14(8-10)11(16)6-12/h10H,3-8H2,1-2H3/t10-/m1/s1. The molecule has 2 amide bonds. The number of halogens is 1. The van der Waals surface area contributed by atoms with Crippen LogP contribution in [0.3, 0.4) is 0 Å². The summed E-state index contributed by atoms with van der Waals surface area (Å²) in [6, 6.07) is 0. The van der Waals surface area contributed by atoms with Crippen LogP contribution >= 0.6 is 11.6 Å². The van der Waals surface area contributed by atoms with E-state index in [-0.39, 0.29) is 17.7 Å². The van der Waals surface area contributed by atoms with Crippen LogP contribution in [-0.4, -0.2) is 54.2 Å². The Morgan fingerprint density at radius 2 is 2.19 bits per heavy atom. The number of alkyl halides is 1. The molecule has 92 valence electrons. The van der Waals surface area contributed by atoms with Gasteiger partial charge < -0.3 is 9.80 Å². The maximum atomic E-state index is 11.4. The van der Waals surface area contributed by atoms with Crippen molar-refractivity contribution in [1.29, 1.82) is 0 Å². The number of carbonyl (C=O) groups excluding carboxylic acids is 2. The van der Waals surface area contributed by atoms with Crippen molar-refractivity contribution in [3.05, 3.63) is 0 Å². The minimum atomic E-state index is -0.00292. The summed E-state index contributed by atoms with van der Waals surface area (Å²) in [6.07, 6.45) is 2.07. The van der Waals surface area contributed by atoms with E-state index >= 15 is 0 Å². The first-order valence-electron chi connectivity index (χ1n) is 5.60. The first-order valence-corrected chi connectivity index (χ1v) is 6.13. The molecule has 0 N–H and O–H groups in total. The largest absolute Gasteiger partial charge is 0.346 e. The molecule has 5 heteroatoms. The van der Waals surface area contributed by atoms with Crippen LogP contribution in [0.2, 0.25) is 0 Å². The van der Waals surface area contributed by atoms with Crippen LogP contribution in [0.1, 0.15) is 19.8 Å². The predicted octanol–water partition coefficient (Wildman–Crippen LogP) is 0.942. The Bertz CT molecular complexity index is 271. The third-order valence-electron chi connectivity index (χ3n) is 3.06. The monoisotopic (exact) mass is 246 g/mol. The third-order valence-corrected chi connectivity index (χ3v) is 3.28. The molecule has 0 radical (unpaired) electrons. The summed E-state index contributed by atoms with van der Waals surface area (Å²) in [7, 11) is 1.80. The molecular formula is C11H19ClN2O2. The van der Waals surface area contributed by atoms with Gasteiger partial charge in [-0.25, -0.2) is 0 Å². The fourth-order valence-corrected chi connectivity index (χ4v) is 2.21. The molecule has 0 aliphatic carbocycles. The molecule has 0 aromatic rings. The minimum Gasteiger partial charge on any atom is -0.346 e. The van der Waals surface area contributed by atoms with E-state index < -0.39 is 0 Å². The van der Waals surface area contributed by atoms with Gasteiger partial charge in [0.1, 0.15) is 5.88 Å². The Labute approximate surface area is 102 Å². The maximum Gasteiger partial charge on any atom is 0.237 e. The molecule has 1 fully saturated rings. The molecule has 0 aromatic carbocycles. The molecule has 0 spiro atoms. The van der Waals surface area contributed by atoms with Gasteiger partial charge in [-0.05, 0) is 18.8 Å². The molecule has 0 saturated carbocycles. The number of carbonyl (C=O) groups is 2. The van der Waals surface area contributed by atoms with E-state index in [0.717, 1.165) is 32.5 Å². The predicted molar refractivity (Wildman–Crippen MR) is 63.3 cm³/mol. The van der Waals surface area contributed by atoms with Crippen LogP contribution in [-0.2, 0) is 9.59 Å². The van der Waals surface area contributed by atoms with Crippen molar-refractivity contribution < 1.29 is 9.59 Å². The molecule has 0 unspecified atom stereocenters. The van der Waals surface area contributed by atoms with Crippen LogP contribution in [0.4, 0.5) is 0 Å². The number of rotatable bonds is 3. The summed E-state index contributed by atoms with van der Waals surface area (Å²) >= 11 is 5.53. The van der Waals surface area contributed by atoms with E-state index in [2.05, 4.69) is 0 Å². The zero-order valence-electron chi connectivity index (χ0n) is 9.91. The number of hydrogen-bond acceptors (Lipinski definition) is 2. The molecule has 1 saturated heterocycles. The molecule has 1 atom stereocenters. The quantitative estimate of drug-likeness (QED) is 0.696. The van der Waals surface area contributed by atoms with Gasteiger partial charge in [0.25, 0.3) is 0 Å². The van der Waals surface area contributed by atoms with Crippen molar-refractivity contribution in [2.45, 2.75) is 19.8 Å². The minimum absolute atomic E-state index is 0.00292. The Hall–Kier alpha value is -0.770. The van der Waals surface area contributed by atoms with Gasteiger partial charge in [0.15, 0.2) is 0 Å². The number of amides is 2. The van der Waals surface area contributed by atoms with Gasteiger partial charge in [-0.15, -0.1) is 11.6 Å². The van der Waals surface area contributed by atoms with E-state index in [9.17, 15) is 9.59 Å². The first kappa shape index (κ1) is 13.3. The van der Waals surface area contributed by atoms with E-state index in [4.69, 9.17) is 11.6 Å². The van der Waals surface area contributed by atoms with Crippen LogP contribution in [0.25, 0.3) is 0 Å². The van der Waals surface area contributed by atoms with Gasteiger partial charge in [0.05, 0.1) is 0 Å². The maximum absolute atomic E-state index is 11.4. The van der Waals surface area contributed by atoms with E-state index in [0.29, 0.717) is 5.92 Å². The summed E-state index contributed by atoms with van der Waals surface area (Å²) in [5.41, 5.74) is 0. The van der Waals surface area contributed by atoms with E-state index in [1.165, 1.54) is 0 Å². The number of likely N-dealkylation sites (tertiary alicyclic amines) is 1. The highest BCUT2D eigenvalue weighted by atomic mass is 35.5. The lowest BCUT2D eigenvalue weighted by molar-refractivity contribution is -0.131. The molecular weight excluding hydrogens is 228 g/mol. The highest BCUT2D eigenvalue weighted by Crippen LogP contribution is 2.17. The normalized spacial score (nSPS) is 20.7.